The van der Waals surface area contributed by atoms with Crippen LogP contribution in [0.3, 0.4) is 0 Å². The van der Waals surface area contributed by atoms with Crippen LogP contribution in [0.5, 0.6) is 5.75 Å². The third-order valence-electron chi connectivity index (χ3n) is 2.62. The fraction of sp³-hybridized carbons (Fsp3) is 0.500. The molecule has 2 unspecified atom stereocenters. The second-order valence-corrected chi connectivity index (χ2v) is 4.13. The van der Waals surface area contributed by atoms with Crippen molar-refractivity contribution in [2.24, 2.45) is 0 Å². The summed E-state index contributed by atoms with van der Waals surface area (Å²) in [6.45, 7) is 4.08. The van der Waals surface area contributed by atoms with Gasteiger partial charge in [-0.25, -0.2) is 0 Å². The third kappa shape index (κ3) is 3.29. The summed E-state index contributed by atoms with van der Waals surface area (Å²) in [5, 5.41) is 3.94. The monoisotopic (exact) mass is 243 g/mol. The Balaban J connectivity index is 2.74. The first-order chi connectivity index (χ1) is 7.58. The quantitative estimate of drug-likeness (QED) is 0.862. The van der Waals surface area contributed by atoms with Crippen LogP contribution in [0.25, 0.3) is 0 Å². The Bertz CT molecular complexity index is 344. The smallest absolute Gasteiger partial charge is 0.139 e. The Morgan fingerprint density at radius 1 is 1.25 bits per heavy atom. The second-order valence-electron chi connectivity index (χ2n) is 3.72. The summed E-state index contributed by atoms with van der Waals surface area (Å²) < 4.78 is 10.4. The summed E-state index contributed by atoms with van der Waals surface area (Å²) in [4.78, 5) is 0. The van der Waals surface area contributed by atoms with E-state index in [1.807, 2.05) is 25.1 Å². The zero-order valence-corrected chi connectivity index (χ0v) is 10.8. The summed E-state index contributed by atoms with van der Waals surface area (Å²) >= 11 is 5.95. The van der Waals surface area contributed by atoms with Gasteiger partial charge in [-0.3, -0.25) is 0 Å². The van der Waals surface area contributed by atoms with E-state index in [9.17, 15) is 0 Å². The Kier molecular flexibility index (Phi) is 4.90. The van der Waals surface area contributed by atoms with E-state index in [4.69, 9.17) is 21.1 Å². The number of halogens is 1. The van der Waals surface area contributed by atoms with Crippen LogP contribution in [0.1, 0.15) is 13.8 Å². The fourth-order valence-corrected chi connectivity index (χ4v) is 1.53. The van der Waals surface area contributed by atoms with Gasteiger partial charge in [0.25, 0.3) is 0 Å². The normalized spacial score (nSPS) is 14.3. The molecule has 0 aliphatic carbocycles. The summed E-state index contributed by atoms with van der Waals surface area (Å²) in [7, 11) is 3.30. The number of hydrogen-bond donors (Lipinski definition) is 1. The molecule has 0 saturated carbocycles. The van der Waals surface area contributed by atoms with Gasteiger partial charge >= 0.3 is 0 Å². The van der Waals surface area contributed by atoms with E-state index in [-0.39, 0.29) is 12.1 Å². The van der Waals surface area contributed by atoms with Gasteiger partial charge in [0.05, 0.1) is 18.2 Å². The van der Waals surface area contributed by atoms with E-state index in [0.29, 0.717) is 10.8 Å². The highest BCUT2D eigenvalue weighted by Gasteiger charge is 2.11. The van der Waals surface area contributed by atoms with E-state index >= 15 is 0 Å². The topological polar surface area (TPSA) is 30.5 Å². The average Bonchev–Trinajstić information content (AvgIpc) is 2.30. The van der Waals surface area contributed by atoms with Crippen molar-refractivity contribution in [2.45, 2.75) is 26.0 Å². The van der Waals surface area contributed by atoms with Gasteiger partial charge < -0.3 is 14.8 Å². The van der Waals surface area contributed by atoms with Crippen LogP contribution in [0.2, 0.25) is 5.02 Å². The van der Waals surface area contributed by atoms with Gasteiger partial charge in [0.1, 0.15) is 5.75 Å². The third-order valence-corrected chi connectivity index (χ3v) is 2.93. The minimum Gasteiger partial charge on any atom is -0.495 e. The maximum Gasteiger partial charge on any atom is 0.139 e. The largest absolute Gasteiger partial charge is 0.495 e. The lowest BCUT2D eigenvalue weighted by molar-refractivity contribution is 0.106. The molecule has 0 fully saturated rings. The van der Waals surface area contributed by atoms with Gasteiger partial charge in [-0.05, 0) is 26.0 Å². The molecule has 0 aliphatic heterocycles. The predicted octanol–water partition coefficient (Wildman–Crippen LogP) is 3.18. The molecule has 0 radical (unpaired) electrons. The summed E-state index contributed by atoms with van der Waals surface area (Å²) in [6.07, 6.45) is 0.140. The van der Waals surface area contributed by atoms with Gasteiger partial charge in [0, 0.05) is 24.9 Å². The first kappa shape index (κ1) is 13.1. The van der Waals surface area contributed by atoms with Crippen molar-refractivity contribution in [3.8, 4) is 5.75 Å². The Labute approximate surface area is 102 Å². The van der Waals surface area contributed by atoms with Crippen LogP contribution in [-0.4, -0.2) is 26.4 Å². The molecular formula is C12H18ClNO2. The van der Waals surface area contributed by atoms with Crippen LogP contribution in [0, 0.1) is 0 Å². The average molecular weight is 244 g/mol. The van der Waals surface area contributed by atoms with Crippen molar-refractivity contribution in [1.29, 1.82) is 0 Å². The number of nitrogens with one attached hydrogen (secondary N) is 1. The van der Waals surface area contributed by atoms with Crippen LogP contribution in [0.15, 0.2) is 18.2 Å². The number of rotatable bonds is 5. The molecule has 0 saturated heterocycles. The number of methoxy groups -OCH3 is 2. The van der Waals surface area contributed by atoms with E-state index in [1.165, 1.54) is 0 Å². The molecule has 0 aromatic heterocycles. The molecule has 1 aromatic carbocycles. The van der Waals surface area contributed by atoms with Crippen molar-refractivity contribution >= 4 is 17.3 Å². The van der Waals surface area contributed by atoms with Crippen LogP contribution in [0.4, 0.5) is 5.69 Å². The standard InChI is InChI=1S/C12H18ClNO2/c1-8(9(2)15-3)14-10-5-6-11(13)12(7-10)16-4/h5-9,14H,1-4H3. The highest BCUT2D eigenvalue weighted by atomic mass is 35.5. The SMILES string of the molecule is COc1cc(NC(C)C(C)OC)ccc1Cl. The lowest BCUT2D eigenvalue weighted by Crippen LogP contribution is -2.29. The molecule has 0 amide bonds. The molecule has 3 nitrogen and oxygen atoms in total. The van der Waals surface area contributed by atoms with E-state index < -0.39 is 0 Å². The molecule has 16 heavy (non-hydrogen) atoms. The first-order valence-corrected chi connectivity index (χ1v) is 5.59. The van der Waals surface area contributed by atoms with Crippen molar-refractivity contribution in [1.82, 2.24) is 0 Å². The van der Waals surface area contributed by atoms with Gasteiger partial charge in [0.15, 0.2) is 0 Å². The van der Waals surface area contributed by atoms with Crippen LogP contribution < -0.4 is 10.1 Å². The summed E-state index contributed by atoms with van der Waals surface area (Å²) in [5.74, 6) is 0.670. The van der Waals surface area contributed by atoms with Crippen molar-refractivity contribution in [3.05, 3.63) is 23.2 Å². The molecule has 0 heterocycles. The number of benzene rings is 1. The van der Waals surface area contributed by atoms with Crippen molar-refractivity contribution < 1.29 is 9.47 Å². The molecule has 2 atom stereocenters. The molecule has 0 bridgehead atoms. The number of anilines is 1. The van der Waals surface area contributed by atoms with E-state index in [2.05, 4.69) is 12.2 Å². The van der Waals surface area contributed by atoms with E-state index in [0.717, 1.165) is 5.69 Å². The molecule has 1 aromatic rings. The minimum atomic E-state index is 0.140. The molecule has 0 spiro atoms. The molecular weight excluding hydrogens is 226 g/mol. The summed E-state index contributed by atoms with van der Waals surface area (Å²) in [6, 6.07) is 5.83. The lowest BCUT2D eigenvalue weighted by atomic mass is 10.2. The molecule has 1 N–H and O–H groups in total. The Hall–Kier alpha value is -0.930. The first-order valence-electron chi connectivity index (χ1n) is 5.21. The maximum absolute atomic E-state index is 5.95. The lowest BCUT2D eigenvalue weighted by Gasteiger charge is -2.21. The van der Waals surface area contributed by atoms with Gasteiger partial charge in [0.2, 0.25) is 0 Å². The predicted molar refractivity (Wildman–Crippen MR) is 67.6 cm³/mol. The van der Waals surface area contributed by atoms with Gasteiger partial charge in [-0.2, -0.15) is 0 Å². The number of ether oxygens (including phenoxy) is 2. The Morgan fingerprint density at radius 2 is 1.94 bits per heavy atom. The molecule has 0 aliphatic rings. The van der Waals surface area contributed by atoms with Crippen LogP contribution >= 0.6 is 11.6 Å². The fourth-order valence-electron chi connectivity index (χ4n) is 1.33. The Morgan fingerprint density at radius 3 is 2.50 bits per heavy atom. The van der Waals surface area contributed by atoms with Gasteiger partial charge in [-0.15, -0.1) is 0 Å². The minimum absolute atomic E-state index is 0.140. The van der Waals surface area contributed by atoms with Crippen molar-refractivity contribution in [3.63, 3.8) is 0 Å². The van der Waals surface area contributed by atoms with Crippen molar-refractivity contribution in [2.75, 3.05) is 19.5 Å². The highest BCUT2D eigenvalue weighted by molar-refractivity contribution is 6.32. The molecule has 90 valence electrons. The zero-order chi connectivity index (χ0) is 12.1. The summed E-state index contributed by atoms with van der Waals surface area (Å²) in [5.41, 5.74) is 0.970. The number of hydrogen-bond acceptors (Lipinski definition) is 3. The highest BCUT2D eigenvalue weighted by Crippen LogP contribution is 2.27. The van der Waals surface area contributed by atoms with E-state index in [1.54, 1.807) is 14.2 Å². The molecule has 1 rings (SSSR count). The molecule has 4 heteroatoms. The van der Waals surface area contributed by atoms with Crippen LogP contribution in [-0.2, 0) is 4.74 Å². The van der Waals surface area contributed by atoms with Gasteiger partial charge in [-0.1, -0.05) is 11.6 Å². The second kappa shape index (κ2) is 5.97. The zero-order valence-electron chi connectivity index (χ0n) is 10.1. The maximum atomic E-state index is 5.95.